The third kappa shape index (κ3) is 5.34. The summed E-state index contributed by atoms with van der Waals surface area (Å²) in [6, 6.07) is 4.01. The van der Waals surface area contributed by atoms with Crippen LogP contribution in [0.4, 0.5) is 17.5 Å². The largest absolute Gasteiger partial charge is 0.481 e. The van der Waals surface area contributed by atoms with E-state index in [9.17, 15) is 19.5 Å². The molecule has 0 spiro atoms. The van der Waals surface area contributed by atoms with Crippen molar-refractivity contribution in [1.82, 2.24) is 25.3 Å². The van der Waals surface area contributed by atoms with E-state index in [1.54, 1.807) is 18.3 Å². The van der Waals surface area contributed by atoms with Crippen LogP contribution in [-0.2, 0) is 22.6 Å². The predicted octanol–water partition coefficient (Wildman–Crippen LogP) is 0.585. The van der Waals surface area contributed by atoms with Gasteiger partial charge in [-0.2, -0.15) is 9.97 Å². The van der Waals surface area contributed by atoms with Crippen molar-refractivity contribution >= 4 is 46.5 Å². The third-order valence-corrected chi connectivity index (χ3v) is 5.67. The van der Waals surface area contributed by atoms with E-state index in [2.05, 4.69) is 30.2 Å². The van der Waals surface area contributed by atoms with Gasteiger partial charge in [-0.1, -0.05) is 0 Å². The van der Waals surface area contributed by atoms with E-state index >= 15 is 0 Å². The Bertz CT molecular complexity index is 1310. The van der Waals surface area contributed by atoms with Gasteiger partial charge in [-0.3, -0.25) is 9.59 Å². The summed E-state index contributed by atoms with van der Waals surface area (Å²) in [6.07, 6.45) is 2.31. The lowest BCUT2D eigenvalue weighted by molar-refractivity contribution is -0.140. The fourth-order valence-electron chi connectivity index (χ4n) is 3.99. The van der Waals surface area contributed by atoms with Gasteiger partial charge in [0.05, 0.1) is 18.4 Å². The van der Waals surface area contributed by atoms with Crippen LogP contribution in [0.5, 0.6) is 0 Å². The number of carboxylic acid groups (broad SMARTS) is 2. The van der Waals surface area contributed by atoms with Crippen LogP contribution >= 0.6 is 0 Å². The first kappa shape index (κ1) is 23.6. The van der Waals surface area contributed by atoms with Crippen molar-refractivity contribution in [2.75, 3.05) is 22.9 Å². The van der Waals surface area contributed by atoms with Crippen LogP contribution in [-0.4, -0.2) is 60.6 Å². The van der Waals surface area contributed by atoms with Crippen LogP contribution in [0.15, 0.2) is 24.4 Å². The molecule has 182 valence electrons. The number of nitrogens with one attached hydrogen (secondary N) is 1. The second kappa shape index (κ2) is 9.75. The fourth-order valence-corrected chi connectivity index (χ4v) is 3.99. The number of nitrogens with zero attached hydrogens (tertiary/aromatic N) is 5. The number of carbonyl (C=O) groups excluding carboxylic acids is 1. The Balaban J connectivity index is 1.45. The summed E-state index contributed by atoms with van der Waals surface area (Å²) >= 11 is 0. The van der Waals surface area contributed by atoms with Gasteiger partial charge in [0.15, 0.2) is 17.0 Å². The van der Waals surface area contributed by atoms with Gasteiger partial charge in [0.2, 0.25) is 5.95 Å². The molecule has 4 rings (SSSR count). The van der Waals surface area contributed by atoms with Crippen LogP contribution < -0.4 is 21.7 Å². The predicted molar refractivity (Wildman–Crippen MR) is 126 cm³/mol. The number of nitrogens with two attached hydrogens (primary N) is 2. The summed E-state index contributed by atoms with van der Waals surface area (Å²) in [5.41, 5.74) is 15.1. The number of aromatic nitrogens is 4. The zero-order valence-corrected chi connectivity index (χ0v) is 18.6. The zero-order valence-electron chi connectivity index (χ0n) is 18.6. The molecule has 7 N–H and O–H groups in total. The van der Waals surface area contributed by atoms with Gasteiger partial charge in [-0.15, -0.1) is 0 Å². The van der Waals surface area contributed by atoms with E-state index in [0.29, 0.717) is 41.9 Å². The molecular weight excluding hydrogens is 456 g/mol. The van der Waals surface area contributed by atoms with Gasteiger partial charge < -0.3 is 31.9 Å². The highest BCUT2D eigenvalue weighted by molar-refractivity contribution is 5.97. The Kier molecular flexibility index (Phi) is 6.57. The average molecular weight is 480 g/mol. The molecule has 1 aromatic carbocycles. The highest BCUT2D eigenvalue weighted by Gasteiger charge is 2.24. The lowest BCUT2D eigenvalue weighted by Gasteiger charge is -2.19. The lowest BCUT2D eigenvalue weighted by atomic mass is 10.1. The fraction of sp³-hybridized carbons (Fsp3) is 0.318. The third-order valence-electron chi connectivity index (χ3n) is 5.67. The Hall–Kier alpha value is -4.55. The van der Waals surface area contributed by atoms with Crippen molar-refractivity contribution in [2.45, 2.75) is 38.3 Å². The Morgan fingerprint density at radius 1 is 1.14 bits per heavy atom. The zero-order chi connectivity index (χ0) is 25.1. The van der Waals surface area contributed by atoms with Crippen LogP contribution in [0.3, 0.4) is 0 Å². The number of rotatable bonds is 9. The number of hydrogen-bond donors (Lipinski definition) is 5. The van der Waals surface area contributed by atoms with Gasteiger partial charge in [0.25, 0.3) is 5.91 Å². The number of amides is 1. The molecule has 3 heterocycles. The summed E-state index contributed by atoms with van der Waals surface area (Å²) in [7, 11) is 0. The van der Waals surface area contributed by atoms with Crippen LogP contribution in [0.2, 0.25) is 0 Å². The number of carbonyl (C=O) groups is 3. The number of aliphatic carboxylic acids is 2. The maximum Gasteiger partial charge on any atom is 0.326 e. The molecule has 2 aromatic heterocycles. The van der Waals surface area contributed by atoms with Crippen molar-refractivity contribution in [3.05, 3.63) is 41.2 Å². The molecule has 0 unspecified atom stereocenters. The smallest absolute Gasteiger partial charge is 0.326 e. The van der Waals surface area contributed by atoms with Crippen LogP contribution in [0, 0.1) is 0 Å². The molecule has 3 aromatic rings. The highest BCUT2D eigenvalue weighted by atomic mass is 16.4. The van der Waals surface area contributed by atoms with E-state index in [4.69, 9.17) is 16.6 Å². The molecule has 1 atom stereocenters. The standard InChI is InChI=1S/C22H24N8O5/c23-18-17-19(29-22(24)28-18)25-9-13(26-17)10-30-7-6-11-8-12(4-5-15(11)30)20(33)27-14(21(34)35)2-1-3-16(31)32/h4-5,8-9,14H,1-3,6-7,10H2,(H,27,33)(H,31,32)(H,34,35)(H4,23,24,25,28,29)/t14-/m0/s1. The number of nitrogen functional groups attached to an aromatic ring is 2. The Labute approximate surface area is 199 Å². The molecule has 0 radical (unpaired) electrons. The van der Waals surface area contributed by atoms with E-state index in [0.717, 1.165) is 11.3 Å². The number of fused-ring (bicyclic) bond motifs is 2. The van der Waals surface area contributed by atoms with E-state index in [1.807, 2.05) is 6.07 Å². The Morgan fingerprint density at radius 3 is 2.69 bits per heavy atom. The first-order valence-electron chi connectivity index (χ1n) is 10.9. The first-order chi connectivity index (χ1) is 16.7. The summed E-state index contributed by atoms with van der Waals surface area (Å²) in [5.74, 6) is -2.56. The summed E-state index contributed by atoms with van der Waals surface area (Å²) < 4.78 is 0. The maximum atomic E-state index is 12.7. The summed E-state index contributed by atoms with van der Waals surface area (Å²) in [5, 5.41) is 20.6. The summed E-state index contributed by atoms with van der Waals surface area (Å²) in [4.78, 5) is 53.6. The average Bonchev–Trinajstić information content (AvgIpc) is 3.20. The monoisotopic (exact) mass is 480 g/mol. The molecule has 1 amide bonds. The second-order valence-corrected chi connectivity index (χ2v) is 8.17. The van der Waals surface area contributed by atoms with Gasteiger partial charge in [0.1, 0.15) is 6.04 Å². The highest BCUT2D eigenvalue weighted by Crippen LogP contribution is 2.30. The van der Waals surface area contributed by atoms with Gasteiger partial charge in [0, 0.05) is 24.2 Å². The molecule has 0 saturated heterocycles. The van der Waals surface area contributed by atoms with Gasteiger partial charge >= 0.3 is 11.9 Å². The lowest BCUT2D eigenvalue weighted by Crippen LogP contribution is -2.40. The SMILES string of the molecule is Nc1nc(N)c2nc(CN3CCc4cc(C(=O)N[C@@H](CCCC(=O)O)C(=O)O)ccc43)cnc2n1. The van der Waals surface area contributed by atoms with Crippen LogP contribution in [0.25, 0.3) is 11.2 Å². The minimum Gasteiger partial charge on any atom is -0.481 e. The maximum absolute atomic E-state index is 12.7. The number of benzene rings is 1. The minimum absolute atomic E-state index is 0.0281. The van der Waals surface area contributed by atoms with E-state index < -0.39 is 23.9 Å². The normalized spacial score (nSPS) is 13.4. The van der Waals surface area contributed by atoms with Crippen molar-refractivity contribution in [3.63, 3.8) is 0 Å². The molecule has 13 heteroatoms. The van der Waals surface area contributed by atoms with E-state index in [1.165, 1.54) is 0 Å². The minimum atomic E-state index is -1.21. The number of carboxylic acids is 2. The van der Waals surface area contributed by atoms with Crippen molar-refractivity contribution in [3.8, 4) is 0 Å². The van der Waals surface area contributed by atoms with Crippen LogP contribution in [0.1, 0.15) is 40.9 Å². The topological polar surface area (TPSA) is 211 Å². The molecule has 1 aliphatic rings. The van der Waals surface area contributed by atoms with Crippen molar-refractivity contribution < 1.29 is 24.6 Å². The van der Waals surface area contributed by atoms with Crippen molar-refractivity contribution in [2.24, 2.45) is 0 Å². The molecule has 0 fully saturated rings. The number of hydrogen-bond acceptors (Lipinski definition) is 10. The molecule has 1 aliphatic heterocycles. The molecular formula is C22H24N8O5. The molecule has 0 saturated carbocycles. The van der Waals surface area contributed by atoms with Crippen molar-refractivity contribution in [1.29, 1.82) is 0 Å². The number of anilines is 3. The second-order valence-electron chi connectivity index (χ2n) is 8.17. The quantitative estimate of drug-likeness (QED) is 0.285. The first-order valence-corrected chi connectivity index (χ1v) is 10.9. The van der Waals surface area contributed by atoms with Gasteiger partial charge in [-0.25, -0.2) is 14.8 Å². The van der Waals surface area contributed by atoms with Gasteiger partial charge in [-0.05, 0) is 43.0 Å². The van der Waals surface area contributed by atoms with E-state index in [-0.39, 0.29) is 31.0 Å². The molecule has 35 heavy (non-hydrogen) atoms. The summed E-state index contributed by atoms with van der Waals surface area (Å²) in [6.45, 7) is 1.15. The molecule has 0 aliphatic carbocycles. The Morgan fingerprint density at radius 2 is 1.94 bits per heavy atom. The molecule has 13 nitrogen and oxygen atoms in total. The molecule has 0 bridgehead atoms.